The molecule has 0 aliphatic carbocycles. The second kappa shape index (κ2) is 6.91. The Morgan fingerprint density at radius 3 is 2.59 bits per heavy atom. The summed E-state index contributed by atoms with van der Waals surface area (Å²) >= 11 is 0. The number of alkyl halides is 3. The number of hydrogen-bond donors (Lipinski definition) is 0. The number of halogens is 3. The van der Waals surface area contributed by atoms with Crippen molar-refractivity contribution in [3.63, 3.8) is 0 Å². The van der Waals surface area contributed by atoms with Crippen molar-refractivity contribution in [3.05, 3.63) is 18.0 Å². The molecule has 9 heteroatoms. The van der Waals surface area contributed by atoms with E-state index in [1.807, 2.05) is 0 Å². The van der Waals surface area contributed by atoms with Crippen LogP contribution in [-0.4, -0.2) is 60.2 Å². The van der Waals surface area contributed by atoms with Gasteiger partial charge in [-0.05, 0) is 6.07 Å². The molecule has 1 aliphatic heterocycles. The van der Waals surface area contributed by atoms with Gasteiger partial charge in [0.05, 0.1) is 0 Å². The summed E-state index contributed by atoms with van der Waals surface area (Å²) in [6, 6.07) is 0.860. The van der Waals surface area contributed by atoms with Gasteiger partial charge >= 0.3 is 12.1 Å². The van der Waals surface area contributed by atoms with Crippen LogP contribution < -0.4 is 4.90 Å². The van der Waals surface area contributed by atoms with Crippen LogP contribution >= 0.6 is 0 Å². The molecule has 1 aromatic heterocycles. The zero-order chi connectivity index (χ0) is 16.2. The molecule has 22 heavy (non-hydrogen) atoms. The Labute approximate surface area is 125 Å². The Bertz CT molecular complexity index is 516. The molecule has 0 atom stereocenters. The highest BCUT2D eigenvalue weighted by atomic mass is 19.4. The quantitative estimate of drug-likeness (QED) is 0.777. The minimum atomic E-state index is -4.47. The third kappa shape index (κ3) is 4.55. The number of carbonyl (C=O) groups is 1. The lowest BCUT2D eigenvalue weighted by atomic mass is 10.3. The van der Waals surface area contributed by atoms with Crippen LogP contribution in [0.1, 0.15) is 12.6 Å². The Morgan fingerprint density at radius 2 is 2.00 bits per heavy atom. The molecule has 6 nitrogen and oxygen atoms in total. The minimum Gasteiger partial charge on any atom is -0.465 e. The van der Waals surface area contributed by atoms with E-state index in [4.69, 9.17) is 4.74 Å². The maximum absolute atomic E-state index is 12.6. The van der Waals surface area contributed by atoms with Crippen molar-refractivity contribution in [3.8, 4) is 0 Å². The molecular formula is C13H17F3N4O2. The van der Waals surface area contributed by atoms with Gasteiger partial charge in [0.15, 0.2) is 0 Å². The summed E-state index contributed by atoms with van der Waals surface area (Å²) in [5.74, 6) is -0.231. The zero-order valence-corrected chi connectivity index (χ0v) is 12.1. The van der Waals surface area contributed by atoms with Crippen molar-refractivity contribution >= 4 is 11.9 Å². The van der Waals surface area contributed by atoms with Crippen LogP contribution in [0.5, 0.6) is 0 Å². The second-order valence-corrected chi connectivity index (χ2v) is 4.91. The number of nitrogens with zero attached hydrogens (tertiary/aromatic N) is 4. The number of hydrogen-bond acceptors (Lipinski definition) is 6. The van der Waals surface area contributed by atoms with Crippen molar-refractivity contribution in [2.75, 3.05) is 44.2 Å². The van der Waals surface area contributed by atoms with Gasteiger partial charge in [0.25, 0.3) is 0 Å². The van der Waals surface area contributed by atoms with Crippen LogP contribution in [0.15, 0.2) is 12.3 Å². The van der Waals surface area contributed by atoms with Crippen LogP contribution in [-0.2, 0) is 15.7 Å². The van der Waals surface area contributed by atoms with E-state index in [-0.39, 0.29) is 11.9 Å². The molecule has 1 aromatic rings. The van der Waals surface area contributed by atoms with E-state index >= 15 is 0 Å². The molecular weight excluding hydrogens is 301 g/mol. The number of ether oxygens (including phenoxy) is 1. The lowest BCUT2D eigenvalue weighted by molar-refractivity contribution is -0.142. The minimum absolute atomic E-state index is 0.0921. The molecule has 2 rings (SSSR count). The molecule has 0 spiro atoms. The number of anilines is 1. The molecule has 0 bridgehead atoms. The van der Waals surface area contributed by atoms with E-state index in [1.165, 1.54) is 6.92 Å². The monoisotopic (exact) mass is 318 g/mol. The van der Waals surface area contributed by atoms with Gasteiger partial charge in [0, 0.05) is 45.8 Å². The fraction of sp³-hybridized carbons (Fsp3) is 0.615. The highest BCUT2D eigenvalue weighted by molar-refractivity contribution is 5.65. The first-order chi connectivity index (χ1) is 10.4. The van der Waals surface area contributed by atoms with Crippen molar-refractivity contribution in [1.29, 1.82) is 0 Å². The summed E-state index contributed by atoms with van der Waals surface area (Å²) < 4.78 is 42.8. The van der Waals surface area contributed by atoms with Crippen molar-refractivity contribution in [1.82, 2.24) is 14.9 Å². The average Bonchev–Trinajstić information content (AvgIpc) is 2.47. The maximum Gasteiger partial charge on any atom is 0.433 e. The number of aromatic nitrogens is 2. The highest BCUT2D eigenvalue weighted by Crippen LogP contribution is 2.28. The van der Waals surface area contributed by atoms with E-state index in [1.54, 1.807) is 4.90 Å². The van der Waals surface area contributed by atoms with Gasteiger partial charge < -0.3 is 9.64 Å². The fourth-order valence-electron chi connectivity index (χ4n) is 2.15. The van der Waals surface area contributed by atoms with Gasteiger partial charge in [-0.1, -0.05) is 0 Å². The zero-order valence-electron chi connectivity index (χ0n) is 12.1. The maximum atomic E-state index is 12.6. The van der Waals surface area contributed by atoms with E-state index in [0.717, 1.165) is 12.3 Å². The summed E-state index contributed by atoms with van der Waals surface area (Å²) in [6.07, 6.45) is -3.35. The topological polar surface area (TPSA) is 58.6 Å². The Kier molecular flexibility index (Phi) is 5.17. The van der Waals surface area contributed by atoms with Gasteiger partial charge in [0.1, 0.15) is 12.3 Å². The largest absolute Gasteiger partial charge is 0.465 e. The van der Waals surface area contributed by atoms with Gasteiger partial charge in [-0.25, -0.2) is 9.97 Å². The van der Waals surface area contributed by atoms with E-state index < -0.39 is 11.9 Å². The average molecular weight is 318 g/mol. The SMILES string of the molecule is CC(=O)OCCN1CCN(c2nccc(C(F)(F)F)n2)CC1. The lowest BCUT2D eigenvalue weighted by Crippen LogP contribution is -2.48. The first kappa shape index (κ1) is 16.5. The first-order valence-electron chi connectivity index (χ1n) is 6.87. The predicted octanol–water partition coefficient (Wildman–Crippen LogP) is 1.18. The molecule has 0 unspecified atom stereocenters. The molecule has 0 aromatic carbocycles. The summed E-state index contributed by atoms with van der Waals surface area (Å²) in [4.78, 5) is 22.0. The van der Waals surface area contributed by atoms with Crippen LogP contribution in [0.25, 0.3) is 0 Å². The van der Waals surface area contributed by atoms with Crippen molar-refractivity contribution in [2.24, 2.45) is 0 Å². The molecule has 1 saturated heterocycles. The van der Waals surface area contributed by atoms with Crippen LogP contribution in [0, 0.1) is 0 Å². The molecule has 0 amide bonds. The summed E-state index contributed by atoms with van der Waals surface area (Å²) in [5.41, 5.74) is -0.935. The standard InChI is InChI=1S/C13H17F3N4O2/c1-10(21)22-9-8-19-4-6-20(7-5-19)12-17-3-2-11(18-12)13(14,15)16/h2-3H,4-9H2,1H3. The first-order valence-corrected chi connectivity index (χ1v) is 6.87. The molecule has 0 saturated carbocycles. The summed E-state index contributed by atoms with van der Waals surface area (Å²) in [6.45, 7) is 4.64. The smallest absolute Gasteiger partial charge is 0.433 e. The van der Waals surface area contributed by atoms with Crippen LogP contribution in [0.3, 0.4) is 0 Å². The molecule has 1 aliphatic rings. The molecule has 1 fully saturated rings. The van der Waals surface area contributed by atoms with E-state index in [0.29, 0.717) is 39.3 Å². The van der Waals surface area contributed by atoms with Crippen LogP contribution in [0.2, 0.25) is 0 Å². The number of rotatable bonds is 4. The third-order valence-electron chi connectivity index (χ3n) is 3.30. The fourth-order valence-corrected chi connectivity index (χ4v) is 2.15. The normalized spacial score (nSPS) is 16.6. The number of carbonyl (C=O) groups excluding carboxylic acids is 1. The summed E-state index contributed by atoms with van der Waals surface area (Å²) in [7, 11) is 0. The van der Waals surface area contributed by atoms with Gasteiger partial charge in [-0.15, -0.1) is 0 Å². The van der Waals surface area contributed by atoms with Gasteiger partial charge in [-0.3, -0.25) is 9.69 Å². The third-order valence-corrected chi connectivity index (χ3v) is 3.30. The van der Waals surface area contributed by atoms with Gasteiger partial charge in [0.2, 0.25) is 5.95 Å². The van der Waals surface area contributed by atoms with E-state index in [9.17, 15) is 18.0 Å². The Hall–Kier alpha value is -1.90. The number of piperazine rings is 1. The van der Waals surface area contributed by atoms with Crippen molar-refractivity contribution in [2.45, 2.75) is 13.1 Å². The molecule has 0 N–H and O–H groups in total. The second-order valence-electron chi connectivity index (χ2n) is 4.91. The molecule has 0 radical (unpaired) electrons. The summed E-state index contributed by atoms with van der Waals surface area (Å²) in [5, 5.41) is 0. The van der Waals surface area contributed by atoms with Gasteiger partial charge in [-0.2, -0.15) is 13.2 Å². The Morgan fingerprint density at radius 1 is 1.32 bits per heavy atom. The van der Waals surface area contributed by atoms with Crippen LogP contribution in [0.4, 0.5) is 19.1 Å². The van der Waals surface area contributed by atoms with E-state index in [2.05, 4.69) is 14.9 Å². The highest BCUT2D eigenvalue weighted by Gasteiger charge is 2.33. The predicted molar refractivity (Wildman–Crippen MR) is 72.3 cm³/mol. The molecule has 2 heterocycles. The Balaban J connectivity index is 1.88. The molecule has 122 valence electrons. The van der Waals surface area contributed by atoms with Crippen molar-refractivity contribution < 1.29 is 22.7 Å². The number of esters is 1. The lowest BCUT2D eigenvalue weighted by Gasteiger charge is -2.34.